The molecule has 3 amide bonds. The predicted molar refractivity (Wildman–Crippen MR) is 128 cm³/mol. The molecule has 3 heterocycles. The summed E-state index contributed by atoms with van der Waals surface area (Å²) in [6, 6.07) is 11.1. The quantitative estimate of drug-likeness (QED) is 0.477. The first kappa shape index (κ1) is 25.2. The topological polar surface area (TPSA) is 134 Å². The molecular formula is C25H31N5O6. The van der Waals surface area contributed by atoms with Crippen LogP contribution >= 0.6 is 0 Å². The monoisotopic (exact) mass is 497 g/mol. The summed E-state index contributed by atoms with van der Waals surface area (Å²) in [5, 5.41) is 16.1. The Hall–Kier alpha value is -3.89. The highest BCUT2D eigenvalue weighted by molar-refractivity contribution is 5.93. The zero-order valence-corrected chi connectivity index (χ0v) is 20.0. The smallest absolute Gasteiger partial charge is 0.410 e. The maximum Gasteiger partial charge on any atom is 0.410 e. The molecular weight excluding hydrogens is 466 g/mol. The van der Waals surface area contributed by atoms with Crippen LogP contribution in [0.15, 0.2) is 36.4 Å². The minimum Gasteiger partial charge on any atom is -0.481 e. The van der Waals surface area contributed by atoms with Gasteiger partial charge in [-0.05, 0) is 36.8 Å². The van der Waals surface area contributed by atoms with E-state index in [2.05, 4.69) is 10.4 Å². The second-order valence-corrected chi connectivity index (χ2v) is 9.15. The van der Waals surface area contributed by atoms with Crippen molar-refractivity contribution < 1.29 is 29.0 Å². The van der Waals surface area contributed by atoms with Gasteiger partial charge in [0.15, 0.2) is 0 Å². The third-order valence-electron chi connectivity index (χ3n) is 6.83. The summed E-state index contributed by atoms with van der Waals surface area (Å²) in [4.78, 5) is 51.1. The Morgan fingerprint density at radius 1 is 1.17 bits per heavy atom. The van der Waals surface area contributed by atoms with Gasteiger partial charge in [-0.1, -0.05) is 30.3 Å². The van der Waals surface area contributed by atoms with Crippen LogP contribution in [0.4, 0.5) is 4.79 Å². The summed E-state index contributed by atoms with van der Waals surface area (Å²) in [6.07, 6.45) is 2.69. The SMILES string of the molecule is O=CNCC(C(=O)O)c1cc2n(n1)CCN(CCC1CCN(C(=O)OCc3ccccc3)CC1)C2=O. The van der Waals surface area contributed by atoms with Gasteiger partial charge in [0.2, 0.25) is 6.41 Å². The molecule has 1 unspecified atom stereocenters. The summed E-state index contributed by atoms with van der Waals surface area (Å²) in [6.45, 7) is 3.02. The number of piperidine rings is 1. The van der Waals surface area contributed by atoms with E-state index >= 15 is 0 Å². The van der Waals surface area contributed by atoms with Crippen molar-refractivity contribution in [2.24, 2.45) is 5.92 Å². The lowest BCUT2D eigenvalue weighted by atomic mass is 9.93. The average molecular weight is 498 g/mol. The number of likely N-dealkylation sites (tertiary alicyclic amines) is 1. The van der Waals surface area contributed by atoms with Crippen molar-refractivity contribution in [1.29, 1.82) is 0 Å². The minimum atomic E-state index is -1.11. The number of nitrogens with one attached hydrogen (secondary N) is 1. The Labute approximate surface area is 209 Å². The van der Waals surface area contributed by atoms with Gasteiger partial charge in [-0.15, -0.1) is 0 Å². The predicted octanol–water partition coefficient (Wildman–Crippen LogP) is 1.69. The van der Waals surface area contributed by atoms with E-state index in [-0.39, 0.29) is 30.8 Å². The molecule has 2 N–H and O–H groups in total. The lowest BCUT2D eigenvalue weighted by Crippen LogP contribution is -2.42. The molecule has 2 aliphatic heterocycles. The van der Waals surface area contributed by atoms with E-state index in [4.69, 9.17) is 4.74 Å². The normalized spacial score (nSPS) is 16.8. The number of benzene rings is 1. The first-order valence-electron chi connectivity index (χ1n) is 12.2. The zero-order valence-electron chi connectivity index (χ0n) is 20.0. The fourth-order valence-electron chi connectivity index (χ4n) is 4.68. The third kappa shape index (κ3) is 6.02. The Kier molecular flexibility index (Phi) is 8.19. The lowest BCUT2D eigenvalue weighted by molar-refractivity contribution is -0.138. The van der Waals surface area contributed by atoms with Crippen molar-refractivity contribution in [2.45, 2.75) is 38.3 Å². The fraction of sp³-hybridized carbons (Fsp3) is 0.480. The van der Waals surface area contributed by atoms with Crippen molar-refractivity contribution in [1.82, 2.24) is 24.9 Å². The molecule has 1 saturated heterocycles. The van der Waals surface area contributed by atoms with Gasteiger partial charge in [-0.3, -0.25) is 19.1 Å². The highest BCUT2D eigenvalue weighted by Gasteiger charge is 2.31. The summed E-state index contributed by atoms with van der Waals surface area (Å²) in [7, 11) is 0. The lowest BCUT2D eigenvalue weighted by Gasteiger charge is -2.33. The molecule has 4 rings (SSSR count). The molecule has 0 saturated carbocycles. The van der Waals surface area contributed by atoms with Crippen molar-refractivity contribution in [3.05, 3.63) is 53.3 Å². The highest BCUT2D eigenvalue weighted by Crippen LogP contribution is 2.24. The second-order valence-electron chi connectivity index (χ2n) is 9.15. The van der Waals surface area contributed by atoms with Crippen LogP contribution in [0.5, 0.6) is 0 Å². The number of carboxylic acids is 1. The van der Waals surface area contributed by atoms with Crippen LogP contribution in [0, 0.1) is 5.92 Å². The van der Waals surface area contributed by atoms with Gasteiger partial charge >= 0.3 is 12.1 Å². The van der Waals surface area contributed by atoms with Crippen LogP contribution in [0.3, 0.4) is 0 Å². The van der Waals surface area contributed by atoms with Crippen LogP contribution in [0.2, 0.25) is 0 Å². The summed E-state index contributed by atoms with van der Waals surface area (Å²) < 4.78 is 6.97. The molecule has 2 aliphatic rings. The summed E-state index contributed by atoms with van der Waals surface area (Å²) in [5.74, 6) is -1.89. The number of amides is 3. The number of fused-ring (bicyclic) bond motifs is 1. The second kappa shape index (κ2) is 11.7. The summed E-state index contributed by atoms with van der Waals surface area (Å²) in [5.41, 5.74) is 1.58. The van der Waals surface area contributed by atoms with E-state index in [1.54, 1.807) is 14.5 Å². The number of ether oxygens (including phenoxy) is 1. The Morgan fingerprint density at radius 3 is 2.61 bits per heavy atom. The Morgan fingerprint density at radius 2 is 1.92 bits per heavy atom. The van der Waals surface area contributed by atoms with Gasteiger partial charge in [-0.25, -0.2) is 4.79 Å². The van der Waals surface area contributed by atoms with Crippen molar-refractivity contribution >= 4 is 24.4 Å². The molecule has 1 fully saturated rings. The average Bonchev–Trinajstić information content (AvgIpc) is 3.32. The van der Waals surface area contributed by atoms with Crippen LogP contribution in [0.1, 0.15) is 46.9 Å². The number of carboxylic acid groups (broad SMARTS) is 1. The molecule has 11 heteroatoms. The molecule has 0 spiro atoms. The molecule has 2 aromatic rings. The molecule has 1 aromatic carbocycles. The number of nitrogens with zero attached hydrogens (tertiary/aromatic N) is 4. The summed E-state index contributed by atoms with van der Waals surface area (Å²) >= 11 is 0. The zero-order chi connectivity index (χ0) is 25.5. The van der Waals surface area contributed by atoms with E-state index in [1.807, 2.05) is 30.3 Å². The molecule has 11 nitrogen and oxygen atoms in total. The van der Waals surface area contributed by atoms with Gasteiger partial charge in [0.25, 0.3) is 5.91 Å². The van der Waals surface area contributed by atoms with Crippen LogP contribution in [0.25, 0.3) is 0 Å². The maximum absolute atomic E-state index is 13.0. The largest absolute Gasteiger partial charge is 0.481 e. The molecule has 1 atom stereocenters. The van der Waals surface area contributed by atoms with Crippen molar-refractivity contribution in [3.63, 3.8) is 0 Å². The van der Waals surface area contributed by atoms with Gasteiger partial charge in [0.1, 0.15) is 18.2 Å². The first-order chi connectivity index (χ1) is 17.5. The maximum atomic E-state index is 13.0. The van der Waals surface area contributed by atoms with Gasteiger partial charge in [-0.2, -0.15) is 5.10 Å². The van der Waals surface area contributed by atoms with E-state index in [1.165, 1.54) is 6.07 Å². The number of carbonyl (C=O) groups excluding carboxylic acids is 3. The van der Waals surface area contributed by atoms with E-state index in [0.29, 0.717) is 50.7 Å². The van der Waals surface area contributed by atoms with Crippen molar-refractivity contribution in [3.8, 4) is 0 Å². The number of rotatable bonds is 10. The molecule has 192 valence electrons. The van der Waals surface area contributed by atoms with E-state index in [0.717, 1.165) is 24.8 Å². The number of hydrogen-bond acceptors (Lipinski definition) is 6. The molecule has 1 aromatic heterocycles. The van der Waals surface area contributed by atoms with Gasteiger partial charge in [0, 0.05) is 32.7 Å². The minimum absolute atomic E-state index is 0.0916. The van der Waals surface area contributed by atoms with Crippen LogP contribution < -0.4 is 5.32 Å². The number of carbonyl (C=O) groups is 4. The fourth-order valence-corrected chi connectivity index (χ4v) is 4.68. The number of hydrogen-bond donors (Lipinski definition) is 2. The molecule has 0 radical (unpaired) electrons. The highest BCUT2D eigenvalue weighted by atomic mass is 16.6. The molecule has 0 aliphatic carbocycles. The van der Waals surface area contributed by atoms with Crippen LogP contribution in [-0.4, -0.2) is 81.8 Å². The Balaban J connectivity index is 1.24. The first-order valence-corrected chi connectivity index (χ1v) is 12.2. The third-order valence-corrected chi connectivity index (χ3v) is 6.83. The van der Waals surface area contributed by atoms with Crippen LogP contribution in [-0.2, 0) is 27.5 Å². The molecule has 36 heavy (non-hydrogen) atoms. The van der Waals surface area contributed by atoms with Gasteiger partial charge < -0.3 is 25.0 Å². The van der Waals surface area contributed by atoms with E-state index < -0.39 is 11.9 Å². The standard InChI is InChI=1S/C25H31N5O6/c31-17-26-15-20(24(33)34)21-14-22-23(32)28(12-13-30(22)27-21)9-6-18-7-10-29(11-8-18)25(35)36-16-19-4-2-1-3-5-19/h1-5,14,17-18,20H,6-13,15-16H2,(H,26,31)(H,33,34). The van der Waals surface area contributed by atoms with E-state index in [9.17, 15) is 24.3 Å². The van der Waals surface area contributed by atoms with Crippen molar-refractivity contribution in [2.75, 3.05) is 32.7 Å². The van der Waals surface area contributed by atoms with Gasteiger partial charge in [0.05, 0.1) is 12.2 Å². The Bertz CT molecular complexity index is 1080. The number of aliphatic carboxylic acids is 1. The molecule has 0 bridgehead atoms. The number of aromatic nitrogens is 2.